The first-order valence-electron chi connectivity index (χ1n) is 10.5. The second-order valence-electron chi connectivity index (χ2n) is 7.33. The molecule has 31 heavy (non-hydrogen) atoms. The van der Waals surface area contributed by atoms with Crippen molar-refractivity contribution < 1.29 is 14.2 Å². The van der Waals surface area contributed by atoms with Crippen molar-refractivity contribution >= 4 is 12.6 Å². The fourth-order valence-corrected chi connectivity index (χ4v) is 3.58. The van der Waals surface area contributed by atoms with E-state index in [0.717, 1.165) is 16.7 Å². The van der Waals surface area contributed by atoms with Crippen LogP contribution >= 0.6 is 12.6 Å². The minimum absolute atomic E-state index is 0.175. The number of hydrogen-bond acceptors (Lipinski definition) is 4. The molecular formula is C27H30O3S. The van der Waals surface area contributed by atoms with E-state index in [2.05, 4.69) is 6.58 Å². The van der Waals surface area contributed by atoms with Crippen LogP contribution in [0, 0.1) is 0 Å². The second kappa shape index (κ2) is 13.1. The molecule has 3 atom stereocenters. The van der Waals surface area contributed by atoms with Gasteiger partial charge in [0.1, 0.15) is 12.2 Å². The van der Waals surface area contributed by atoms with Gasteiger partial charge in [-0.2, -0.15) is 12.6 Å². The summed E-state index contributed by atoms with van der Waals surface area (Å²) in [4.78, 5) is 0. The lowest BCUT2D eigenvalue weighted by Gasteiger charge is -2.30. The van der Waals surface area contributed by atoms with E-state index in [-0.39, 0.29) is 17.5 Å². The number of rotatable bonds is 13. The third kappa shape index (κ3) is 8.00. The lowest BCUT2D eigenvalue weighted by Crippen LogP contribution is -2.40. The van der Waals surface area contributed by atoms with E-state index in [4.69, 9.17) is 26.8 Å². The van der Waals surface area contributed by atoms with E-state index in [1.165, 1.54) is 0 Å². The molecule has 0 N–H and O–H groups in total. The molecule has 4 heteroatoms. The normalized spacial score (nSPS) is 14.0. The minimum atomic E-state index is -0.313. The van der Waals surface area contributed by atoms with Crippen molar-refractivity contribution in [2.24, 2.45) is 0 Å². The van der Waals surface area contributed by atoms with Crippen molar-refractivity contribution in [1.82, 2.24) is 0 Å². The Morgan fingerprint density at radius 3 is 1.61 bits per heavy atom. The minimum Gasteiger partial charge on any atom is -0.376 e. The Balaban J connectivity index is 1.62. The predicted octanol–water partition coefficient (Wildman–Crippen LogP) is 5.86. The molecule has 0 saturated carbocycles. The van der Waals surface area contributed by atoms with E-state index in [9.17, 15) is 0 Å². The topological polar surface area (TPSA) is 27.7 Å². The number of thiol groups is 1. The van der Waals surface area contributed by atoms with Gasteiger partial charge < -0.3 is 14.2 Å². The van der Waals surface area contributed by atoms with Gasteiger partial charge in [-0.15, -0.1) is 6.58 Å². The van der Waals surface area contributed by atoms with Crippen molar-refractivity contribution in [2.45, 2.75) is 37.3 Å². The standard InChI is InChI=1S/C27H30O3S/c1-2-25(29-19-23-14-8-4-9-15-23)27(30-20-24-16-10-5-11-17-24)26(31)21-28-18-22-12-6-3-7-13-22/h2-17,25-27,31H,1,18-21H2/t25-,26+,27+/m1/s1. The third-order valence-corrected chi connectivity index (χ3v) is 5.35. The number of ether oxygens (including phenoxy) is 3. The molecule has 3 nitrogen and oxygen atoms in total. The Kier molecular flexibility index (Phi) is 9.87. The number of benzene rings is 3. The summed E-state index contributed by atoms with van der Waals surface area (Å²) in [7, 11) is 0. The molecular weight excluding hydrogens is 404 g/mol. The maximum atomic E-state index is 6.28. The maximum Gasteiger partial charge on any atom is 0.103 e. The smallest absolute Gasteiger partial charge is 0.103 e. The summed E-state index contributed by atoms with van der Waals surface area (Å²) in [5, 5.41) is -0.175. The van der Waals surface area contributed by atoms with Crippen LogP contribution in [0.5, 0.6) is 0 Å². The molecule has 0 spiro atoms. The first-order valence-corrected chi connectivity index (χ1v) is 11.0. The molecule has 0 bridgehead atoms. The summed E-state index contributed by atoms with van der Waals surface area (Å²) in [5.74, 6) is 0. The van der Waals surface area contributed by atoms with Gasteiger partial charge in [0.25, 0.3) is 0 Å². The molecule has 0 unspecified atom stereocenters. The van der Waals surface area contributed by atoms with Gasteiger partial charge >= 0.3 is 0 Å². The van der Waals surface area contributed by atoms with Crippen LogP contribution in [0.1, 0.15) is 16.7 Å². The van der Waals surface area contributed by atoms with Gasteiger partial charge in [-0.1, -0.05) is 97.1 Å². The Labute approximate surface area is 191 Å². The fraction of sp³-hybridized carbons (Fsp3) is 0.259. The van der Waals surface area contributed by atoms with Gasteiger partial charge in [-0.25, -0.2) is 0 Å². The van der Waals surface area contributed by atoms with Crippen LogP contribution in [0.15, 0.2) is 104 Å². The van der Waals surface area contributed by atoms with E-state index in [1.54, 1.807) is 6.08 Å². The van der Waals surface area contributed by atoms with Gasteiger partial charge in [-0.05, 0) is 16.7 Å². The molecule has 0 amide bonds. The highest BCUT2D eigenvalue weighted by atomic mass is 32.1. The largest absolute Gasteiger partial charge is 0.376 e. The first-order chi connectivity index (χ1) is 15.3. The van der Waals surface area contributed by atoms with Crippen molar-refractivity contribution in [3.63, 3.8) is 0 Å². The van der Waals surface area contributed by atoms with E-state index < -0.39 is 0 Å². The molecule has 0 aliphatic rings. The molecule has 3 aromatic carbocycles. The van der Waals surface area contributed by atoms with Gasteiger partial charge in [0.2, 0.25) is 0 Å². The zero-order valence-electron chi connectivity index (χ0n) is 17.7. The van der Waals surface area contributed by atoms with Crippen molar-refractivity contribution in [3.05, 3.63) is 120 Å². The molecule has 0 aromatic heterocycles. The van der Waals surface area contributed by atoms with Crippen LogP contribution < -0.4 is 0 Å². The van der Waals surface area contributed by atoms with Gasteiger partial charge in [-0.3, -0.25) is 0 Å². The highest BCUT2D eigenvalue weighted by Crippen LogP contribution is 2.20. The highest BCUT2D eigenvalue weighted by molar-refractivity contribution is 7.81. The SMILES string of the molecule is C=C[C@@H](OCc1ccccc1)[C@H](OCc1ccccc1)[C@@H](S)COCc1ccccc1. The Morgan fingerprint density at radius 2 is 1.13 bits per heavy atom. The Bertz CT molecular complexity index is 871. The van der Waals surface area contributed by atoms with E-state index in [0.29, 0.717) is 26.4 Å². The van der Waals surface area contributed by atoms with E-state index in [1.807, 2.05) is 91.0 Å². The van der Waals surface area contributed by atoms with Crippen LogP contribution in [-0.4, -0.2) is 24.1 Å². The molecule has 3 rings (SSSR count). The Morgan fingerprint density at radius 1 is 0.677 bits per heavy atom. The molecule has 0 aliphatic heterocycles. The van der Waals surface area contributed by atoms with Crippen LogP contribution in [0.25, 0.3) is 0 Å². The average Bonchev–Trinajstić information content (AvgIpc) is 2.83. The lowest BCUT2D eigenvalue weighted by atomic mass is 10.1. The number of hydrogen-bond donors (Lipinski definition) is 1. The molecule has 0 heterocycles. The van der Waals surface area contributed by atoms with E-state index >= 15 is 0 Å². The van der Waals surface area contributed by atoms with Crippen molar-refractivity contribution in [3.8, 4) is 0 Å². The molecule has 162 valence electrons. The zero-order chi connectivity index (χ0) is 21.7. The van der Waals surface area contributed by atoms with Crippen LogP contribution in [0.2, 0.25) is 0 Å². The fourth-order valence-electron chi connectivity index (χ4n) is 3.22. The summed E-state index contributed by atoms with van der Waals surface area (Å²) < 4.78 is 18.4. The summed E-state index contributed by atoms with van der Waals surface area (Å²) in [5.41, 5.74) is 3.33. The summed E-state index contributed by atoms with van der Waals surface area (Å²) in [6.45, 7) is 5.91. The zero-order valence-corrected chi connectivity index (χ0v) is 18.6. The highest BCUT2D eigenvalue weighted by Gasteiger charge is 2.28. The second-order valence-corrected chi connectivity index (χ2v) is 7.99. The van der Waals surface area contributed by atoms with Crippen molar-refractivity contribution in [2.75, 3.05) is 6.61 Å². The van der Waals surface area contributed by atoms with Crippen LogP contribution in [-0.2, 0) is 34.0 Å². The first kappa shape index (κ1) is 23.3. The molecule has 0 aliphatic carbocycles. The molecule has 0 fully saturated rings. The summed E-state index contributed by atoms with van der Waals surface area (Å²) in [6.07, 6.45) is 1.17. The van der Waals surface area contributed by atoms with Crippen molar-refractivity contribution in [1.29, 1.82) is 0 Å². The lowest BCUT2D eigenvalue weighted by molar-refractivity contribution is -0.0731. The Hall–Kier alpha value is -2.37. The van der Waals surface area contributed by atoms with Gasteiger partial charge in [0.05, 0.1) is 31.7 Å². The van der Waals surface area contributed by atoms with Gasteiger partial charge in [0.15, 0.2) is 0 Å². The molecule has 0 saturated heterocycles. The monoisotopic (exact) mass is 434 g/mol. The molecule has 3 aromatic rings. The third-order valence-electron chi connectivity index (χ3n) is 4.91. The summed E-state index contributed by atoms with van der Waals surface area (Å²) in [6, 6.07) is 30.3. The molecule has 0 radical (unpaired) electrons. The van der Waals surface area contributed by atoms with Gasteiger partial charge in [0, 0.05) is 0 Å². The predicted molar refractivity (Wildman–Crippen MR) is 129 cm³/mol. The van der Waals surface area contributed by atoms with Crippen LogP contribution in [0.4, 0.5) is 0 Å². The maximum absolute atomic E-state index is 6.28. The summed E-state index contributed by atoms with van der Waals surface area (Å²) >= 11 is 4.81. The quantitative estimate of drug-likeness (QED) is 0.270. The van der Waals surface area contributed by atoms with Crippen LogP contribution in [0.3, 0.4) is 0 Å². The average molecular weight is 435 g/mol.